The second kappa shape index (κ2) is 5.05. The highest BCUT2D eigenvalue weighted by Crippen LogP contribution is 2.45. The van der Waals surface area contributed by atoms with Crippen LogP contribution in [0.2, 0.25) is 0 Å². The van der Waals surface area contributed by atoms with Gasteiger partial charge in [-0.15, -0.1) is 10.2 Å². The quantitative estimate of drug-likeness (QED) is 0.632. The van der Waals surface area contributed by atoms with Gasteiger partial charge in [-0.25, -0.2) is 4.79 Å². The van der Waals surface area contributed by atoms with Crippen molar-refractivity contribution in [1.82, 2.24) is 10.2 Å². The van der Waals surface area contributed by atoms with Gasteiger partial charge in [-0.05, 0) is 6.92 Å². The van der Waals surface area contributed by atoms with E-state index in [1.165, 1.54) is 6.92 Å². The molecule has 0 spiro atoms. The Morgan fingerprint density at radius 1 is 1.21 bits per heavy atom. The molecule has 0 bridgehead atoms. The first kappa shape index (κ1) is 15.2. The molecule has 0 radical (unpaired) electrons. The van der Waals surface area contributed by atoms with E-state index in [4.69, 9.17) is 0 Å². The van der Waals surface area contributed by atoms with Gasteiger partial charge in [0.25, 0.3) is 0 Å². The largest absolute Gasteiger partial charge is 0.459 e. The summed E-state index contributed by atoms with van der Waals surface area (Å²) >= 11 is 0. The number of aromatic nitrogens is 2. The standard InChI is InChI=1S/C8H6F6N2O3/c1-2-18-6(17)5-16-15-4(19-5)3(7(9,10)11)8(12,13)14/h3H,2H2,1H3. The van der Waals surface area contributed by atoms with E-state index in [1.807, 2.05) is 0 Å². The maximum Gasteiger partial charge on any atom is 0.409 e. The molecule has 5 nitrogen and oxygen atoms in total. The summed E-state index contributed by atoms with van der Waals surface area (Å²) < 4.78 is 82.1. The molecule has 0 atom stereocenters. The topological polar surface area (TPSA) is 65.2 Å². The number of carbonyl (C=O) groups excluding carboxylic acids is 1. The van der Waals surface area contributed by atoms with E-state index in [1.54, 1.807) is 0 Å². The Labute approximate surface area is 101 Å². The summed E-state index contributed by atoms with van der Waals surface area (Å²) in [5.74, 6) is -8.08. The molecule has 11 heteroatoms. The summed E-state index contributed by atoms with van der Waals surface area (Å²) in [6, 6.07) is 0. The first-order valence-electron chi connectivity index (χ1n) is 4.71. The second-order valence-electron chi connectivity index (χ2n) is 3.18. The van der Waals surface area contributed by atoms with Gasteiger partial charge in [0.05, 0.1) is 6.61 Å². The number of carbonyl (C=O) groups is 1. The van der Waals surface area contributed by atoms with Crippen LogP contribution in [0.25, 0.3) is 0 Å². The zero-order valence-corrected chi connectivity index (χ0v) is 9.17. The zero-order chi connectivity index (χ0) is 14.8. The Kier molecular flexibility index (Phi) is 4.06. The fraction of sp³-hybridized carbons (Fsp3) is 0.625. The third-order valence-corrected chi connectivity index (χ3v) is 1.79. The SMILES string of the molecule is CCOC(=O)c1nnc(C(C(F)(F)F)C(F)(F)F)o1. The minimum atomic E-state index is -5.67. The van der Waals surface area contributed by atoms with Crippen molar-refractivity contribution < 1.29 is 40.3 Å². The number of nitrogens with zero attached hydrogens (tertiary/aromatic N) is 2. The first-order chi connectivity index (χ1) is 8.57. The summed E-state index contributed by atoms with van der Waals surface area (Å²) in [5, 5.41) is 5.39. The summed E-state index contributed by atoms with van der Waals surface area (Å²) in [6.45, 7) is 1.22. The molecule has 1 heterocycles. The molecular weight excluding hydrogens is 286 g/mol. The lowest BCUT2D eigenvalue weighted by atomic mass is 10.1. The molecule has 0 fully saturated rings. The fourth-order valence-electron chi connectivity index (χ4n) is 1.09. The van der Waals surface area contributed by atoms with Gasteiger partial charge in [-0.2, -0.15) is 26.3 Å². The maximum absolute atomic E-state index is 12.3. The van der Waals surface area contributed by atoms with E-state index in [0.717, 1.165) is 0 Å². The van der Waals surface area contributed by atoms with Gasteiger partial charge in [0.1, 0.15) is 0 Å². The number of halogens is 6. The first-order valence-corrected chi connectivity index (χ1v) is 4.71. The van der Waals surface area contributed by atoms with E-state index >= 15 is 0 Å². The molecule has 0 aliphatic rings. The van der Waals surface area contributed by atoms with Crippen LogP contribution < -0.4 is 0 Å². The lowest BCUT2D eigenvalue weighted by Crippen LogP contribution is -2.34. The Morgan fingerprint density at radius 3 is 2.16 bits per heavy atom. The maximum atomic E-state index is 12.3. The van der Waals surface area contributed by atoms with Crippen molar-refractivity contribution in [3.63, 3.8) is 0 Å². The molecule has 1 aromatic rings. The molecule has 108 valence electrons. The van der Waals surface area contributed by atoms with E-state index in [2.05, 4.69) is 19.4 Å². The lowest BCUT2D eigenvalue weighted by molar-refractivity contribution is -0.258. The molecule has 0 amide bonds. The van der Waals surface area contributed by atoms with Gasteiger partial charge in [0, 0.05) is 0 Å². The average molecular weight is 292 g/mol. The smallest absolute Gasteiger partial charge is 0.409 e. The number of rotatable bonds is 3. The summed E-state index contributed by atoms with van der Waals surface area (Å²) in [6.07, 6.45) is -11.3. The van der Waals surface area contributed by atoms with Crippen LogP contribution in [0.3, 0.4) is 0 Å². The van der Waals surface area contributed by atoms with Gasteiger partial charge < -0.3 is 9.15 Å². The third kappa shape index (κ3) is 3.58. The van der Waals surface area contributed by atoms with Gasteiger partial charge in [-0.3, -0.25) is 0 Å². The van der Waals surface area contributed by atoms with Crippen LogP contribution in [-0.4, -0.2) is 35.1 Å². The zero-order valence-electron chi connectivity index (χ0n) is 9.17. The molecule has 1 rings (SSSR count). The van der Waals surface area contributed by atoms with E-state index < -0.39 is 36.0 Å². The highest BCUT2D eigenvalue weighted by molar-refractivity contribution is 5.83. The fourth-order valence-corrected chi connectivity index (χ4v) is 1.09. The van der Waals surface area contributed by atoms with Crippen molar-refractivity contribution in [2.24, 2.45) is 0 Å². The summed E-state index contributed by atoms with van der Waals surface area (Å²) in [7, 11) is 0. The minimum Gasteiger partial charge on any atom is -0.459 e. The van der Waals surface area contributed by atoms with Crippen LogP contribution in [0.4, 0.5) is 26.3 Å². The third-order valence-electron chi connectivity index (χ3n) is 1.79. The summed E-state index contributed by atoms with van der Waals surface area (Å²) in [4.78, 5) is 11.0. The molecule has 0 aliphatic carbocycles. The van der Waals surface area contributed by atoms with Crippen LogP contribution in [0.1, 0.15) is 29.4 Å². The van der Waals surface area contributed by atoms with Crippen molar-refractivity contribution in [2.45, 2.75) is 25.2 Å². The highest BCUT2D eigenvalue weighted by Gasteiger charge is 2.60. The minimum absolute atomic E-state index is 0.154. The average Bonchev–Trinajstić information content (AvgIpc) is 2.62. The Hall–Kier alpha value is -1.81. The monoisotopic (exact) mass is 292 g/mol. The van der Waals surface area contributed by atoms with Crippen molar-refractivity contribution >= 4 is 5.97 Å². The number of hydrogen-bond acceptors (Lipinski definition) is 5. The molecule has 1 aromatic heterocycles. The molecule has 19 heavy (non-hydrogen) atoms. The van der Waals surface area contributed by atoms with E-state index in [0.29, 0.717) is 0 Å². The molecule has 0 saturated heterocycles. The molecule has 0 aliphatic heterocycles. The van der Waals surface area contributed by atoms with Crippen molar-refractivity contribution in [3.05, 3.63) is 11.8 Å². The number of hydrogen-bond donors (Lipinski definition) is 0. The summed E-state index contributed by atoms with van der Waals surface area (Å²) in [5.41, 5.74) is 0. The number of esters is 1. The van der Waals surface area contributed by atoms with E-state index in [9.17, 15) is 31.1 Å². The van der Waals surface area contributed by atoms with Crippen LogP contribution in [-0.2, 0) is 4.74 Å². The molecule has 0 saturated carbocycles. The van der Waals surface area contributed by atoms with E-state index in [-0.39, 0.29) is 6.61 Å². The van der Waals surface area contributed by atoms with Gasteiger partial charge in [0.15, 0.2) is 0 Å². The Bertz CT molecular complexity index is 438. The van der Waals surface area contributed by atoms with Crippen LogP contribution in [0, 0.1) is 0 Å². The van der Waals surface area contributed by atoms with Crippen molar-refractivity contribution in [3.8, 4) is 0 Å². The van der Waals surface area contributed by atoms with Crippen LogP contribution >= 0.6 is 0 Å². The Balaban J connectivity index is 3.10. The van der Waals surface area contributed by atoms with Gasteiger partial charge in [-0.1, -0.05) is 0 Å². The van der Waals surface area contributed by atoms with Gasteiger partial charge >= 0.3 is 24.2 Å². The highest BCUT2D eigenvalue weighted by atomic mass is 19.4. The predicted molar refractivity (Wildman–Crippen MR) is 45.1 cm³/mol. The van der Waals surface area contributed by atoms with Crippen molar-refractivity contribution in [1.29, 1.82) is 0 Å². The lowest BCUT2D eigenvalue weighted by Gasteiger charge is -2.19. The second-order valence-corrected chi connectivity index (χ2v) is 3.18. The molecule has 0 N–H and O–H groups in total. The molecule has 0 aromatic carbocycles. The Morgan fingerprint density at radius 2 is 1.74 bits per heavy atom. The van der Waals surface area contributed by atoms with Crippen LogP contribution in [0.5, 0.6) is 0 Å². The van der Waals surface area contributed by atoms with Crippen molar-refractivity contribution in [2.75, 3.05) is 6.61 Å². The normalized spacial score (nSPS) is 12.8. The molecule has 0 unspecified atom stereocenters. The van der Waals surface area contributed by atoms with Crippen LogP contribution in [0.15, 0.2) is 4.42 Å². The number of ether oxygens (including phenoxy) is 1. The number of alkyl halides is 6. The van der Waals surface area contributed by atoms with Gasteiger partial charge in [0.2, 0.25) is 11.8 Å². The predicted octanol–water partition coefficient (Wildman–Crippen LogP) is 2.45. The molecular formula is C8H6F6N2O3.